The number of anilines is 1. The molecule has 0 atom stereocenters. The number of nitrogens with zero attached hydrogens (tertiary/aromatic N) is 5. The summed E-state index contributed by atoms with van der Waals surface area (Å²) in [5, 5.41) is 5.21. The highest BCUT2D eigenvalue weighted by atomic mass is 32.1. The van der Waals surface area contributed by atoms with Gasteiger partial charge in [-0.2, -0.15) is 5.10 Å². The Balaban J connectivity index is 1.34. The summed E-state index contributed by atoms with van der Waals surface area (Å²) in [5.74, 6) is 0.579. The Labute approximate surface area is 163 Å². The van der Waals surface area contributed by atoms with E-state index in [2.05, 4.69) is 35.1 Å². The number of aryl methyl sites for hydroxylation is 2. The van der Waals surface area contributed by atoms with Crippen LogP contribution in [0.5, 0.6) is 0 Å². The highest BCUT2D eigenvalue weighted by molar-refractivity contribution is 7.22. The van der Waals surface area contributed by atoms with Crippen LogP contribution in [0.4, 0.5) is 5.13 Å². The lowest BCUT2D eigenvalue weighted by Gasteiger charge is -2.33. The van der Waals surface area contributed by atoms with Crippen molar-refractivity contribution in [2.24, 2.45) is 13.0 Å². The van der Waals surface area contributed by atoms with E-state index in [9.17, 15) is 4.79 Å². The first kappa shape index (κ1) is 18.0. The number of hydrogen-bond acceptors (Lipinski definition) is 5. The van der Waals surface area contributed by atoms with Gasteiger partial charge in [0.15, 0.2) is 5.13 Å². The molecule has 7 heteroatoms. The minimum atomic E-state index is 0.0482. The third-order valence-corrected chi connectivity index (χ3v) is 6.33. The van der Waals surface area contributed by atoms with E-state index in [1.165, 1.54) is 10.3 Å². The van der Waals surface area contributed by atoms with Gasteiger partial charge < -0.3 is 9.80 Å². The summed E-state index contributed by atoms with van der Waals surface area (Å²) in [5.41, 5.74) is 3.02. The van der Waals surface area contributed by atoms with E-state index in [-0.39, 0.29) is 5.91 Å². The number of benzene rings is 1. The maximum absolute atomic E-state index is 12.5. The van der Waals surface area contributed by atoms with E-state index in [0.717, 1.165) is 43.1 Å². The maximum atomic E-state index is 12.5. The van der Waals surface area contributed by atoms with Crippen molar-refractivity contribution in [1.82, 2.24) is 19.7 Å². The fraction of sp³-hybridized carbons (Fsp3) is 0.450. The number of carbonyl (C=O) groups is 1. The molecule has 0 aliphatic carbocycles. The lowest BCUT2D eigenvalue weighted by atomic mass is 9.96. The first-order chi connectivity index (χ1) is 13.0. The Hall–Kier alpha value is -2.41. The molecule has 1 aliphatic rings. The van der Waals surface area contributed by atoms with Crippen molar-refractivity contribution < 1.29 is 4.79 Å². The Kier molecular flexibility index (Phi) is 4.86. The Bertz CT molecular complexity index is 954. The second-order valence-electron chi connectivity index (χ2n) is 7.49. The molecule has 2 aromatic heterocycles. The smallest absolute Gasteiger partial charge is 0.256 e. The summed E-state index contributed by atoms with van der Waals surface area (Å²) in [6.07, 6.45) is 5.58. The second kappa shape index (κ2) is 7.31. The summed E-state index contributed by atoms with van der Waals surface area (Å²) in [4.78, 5) is 21.5. The third-order valence-electron chi connectivity index (χ3n) is 5.25. The number of fused-ring (bicyclic) bond motifs is 1. The van der Waals surface area contributed by atoms with Gasteiger partial charge in [0, 0.05) is 39.9 Å². The summed E-state index contributed by atoms with van der Waals surface area (Å²) in [6, 6.07) is 6.44. The normalized spacial score (nSPS) is 15.4. The molecule has 1 aliphatic heterocycles. The molecular formula is C20H25N5OS. The first-order valence-corrected chi connectivity index (χ1v) is 10.2. The zero-order chi connectivity index (χ0) is 19.0. The number of hydrogen-bond donors (Lipinski definition) is 0. The quantitative estimate of drug-likeness (QED) is 0.693. The van der Waals surface area contributed by atoms with Gasteiger partial charge in [-0.15, -0.1) is 0 Å². The molecule has 1 saturated heterocycles. The van der Waals surface area contributed by atoms with Gasteiger partial charge in [-0.1, -0.05) is 17.4 Å². The predicted molar refractivity (Wildman–Crippen MR) is 109 cm³/mol. The molecule has 0 radical (unpaired) electrons. The zero-order valence-electron chi connectivity index (χ0n) is 16.1. The van der Waals surface area contributed by atoms with Crippen molar-refractivity contribution >= 4 is 32.6 Å². The second-order valence-corrected chi connectivity index (χ2v) is 8.50. The number of piperidine rings is 1. The molecule has 3 heterocycles. The molecule has 0 N–H and O–H groups in total. The van der Waals surface area contributed by atoms with Crippen molar-refractivity contribution in [3.63, 3.8) is 0 Å². The molecule has 142 valence electrons. The number of amides is 1. The van der Waals surface area contributed by atoms with Crippen molar-refractivity contribution in [3.8, 4) is 0 Å². The van der Waals surface area contributed by atoms with E-state index < -0.39 is 0 Å². The molecule has 1 fully saturated rings. The fourth-order valence-electron chi connectivity index (χ4n) is 3.68. The fourth-order valence-corrected chi connectivity index (χ4v) is 4.80. The summed E-state index contributed by atoms with van der Waals surface area (Å²) < 4.78 is 2.92. The van der Waals surface area contributed by atoms with Crippen molar-refractivity contribution in [3.05, 3.63) is 41.7 Å². The van der Waals surface area contributed by atoms with Crippen LogP contribution in [0.1, 0.15) is 28.8 Å². The van der Waals surface area contributed by atoms with Gasteiger partial charge in [-0.25, -0.2) is 4.98 Å². The zero-order valence-corrected chi connectivity index (χ0v) is 16.9. The molecule has 6 nitrogen and oxygen atoms in total. The van der Waals surface area contributed by atoms with Crippen LogP contribution < -0.4 is 4.90 Å². The van der Waals surface area contributed by atoms with Gasteiger partial charge in [0.1, 0.15) is 0 Å². The molecule has 27 heavy (non-hydrogen) atoms. The largest absolute Gasteiger partial charge is 0.348 e. The van der Waals surface area contributed by atoms with Gasteiger partial charge in [-0.05, 0) is 43.4 Å². The van der Waals surface area contributed by atoms with Crippen molar-refractivity contribution in [2.45, 2.75) is 19.8 Å². The van der Waals surface area contributed by atoms with Crippen LogP contribution in [0.15, 0.2) is 30.6 Å². The number of carbonyl (C=O) groups excluding carboxylic acids is 1. The third kappa shape index (κ3) is 3.83. The van der Waals surface area contributed by atoms with E-state index in [1.54, 1.807) is 28.4 Å². The Morgan fingerprint density at radius 3 is 2.81 bits per heavy atom. The van der Waals surface area contributed by atoms with Crippen LogP contribution in [0, 0.1) is 12.8 Å². The van der Waals surface area contributed by atoms with Gasteiger partial charge in [0.05, 0.1) is 22.0 Å². The van der Waals surface area contributed by atoms with Crippen LogP contribution in [-0.2, 0) is 7.05 Å². The molecular weight excluding hydrogens is 358 g/mol. The Morgan fingerprint density at radius 2 is 2.11 bits per heavy atom. The van der Waals surface area contributed by atoms with Crippen molar-refractivity contribution in [2.75, 3.05) is 31.6 Å². The number of thiazole rings is 1. The van der Waals surface area contributed by atoms with Gasteiger partial charge in [-0.3, -0.25) is 9.48 Å². The van der Waals surface area contributed by atoms with E-state index in [1.807, 2.05) is 19.0 Å². The highest BCUT2D eigenvalue weighted by Gasteiger charge is 2.24. The minimum absolute atomic E-state index is 0.0482. The van der Waals surface area contributed by atoms with Crippen LogP contribution in [0.25, 0.3) is 10.2 Å². The first-order valence-electron chi connectivity index (χ1n) is 9.36. The summed E-state index contributed by atoms with van der Waals surface area (Å²) in [6.45, 7) is 4.91. The van der Waals surface area contributed by atoms with Crippen LogP contribution in [0.2, 0.25) is 0 Å². The molecule has 0 bridgehead atoms. The monoisotopic (exact) mass is 383 g/mol. The molecule has 1 aromatic carbocycles. The molecule has 3 aromatic rings. The van der Waals surface area contributed by atoms with Crippen molar-refractivity contribution in [1.29, 1.82) is 0 Å². The highest BCUT2D eigenvalue weighted by Crippen LogP contribution is 2.32. The van der Waals surface area contributed by atoms with Crippen LogP contribution >= 0.6 is 11.3 Å². The Morgan fingerprint density at radius 1 is 1.33 bits per heavy atom. The standard InChI is InChI=1S/C20H25N5OS/c1-14-4-5-17-18(10-14)27-20(22-17)25-8-6-15(7-9-25)12-23(2)19(26)16-11-21-24(3)13-16/h4-5,10-11,13,15H,6-9,12H2,1-3H3. The molecule has 1 amide bonds. The summed E-state index contributed by atoms with van der Waals surface area (Å²) >= 11 is 1.78. The number of aromatic nitrogens is 3. The minimum Gasteiger partial charge on any atom is -0.348 e. The molecule has 4 rings (SSSR count). The van der Waals surface area contributed by atoms with Gasteiger partial charge >= 0.3 is 0 Å². The lowest BCUT2D eigenvalue weighted by molar-refractivity contribution is 0.0765. The lowest BCUT2D eigenvalue weighted by Crippen LogP contribution is -2.39. The van der Waals surface area contributed by atoms with E-state index in [0.29, 0.717) is 11.5 Å². The van der Waals surface area contributed by atoms with Crippen LogP contribution in [0.3, 0.4) is 0 Å². The average molecular weight is 384 g/mol. The summed E-state index contributed by atoms with van der Waals surface area (Å²) in [7, 11) is 3.72. The topological polar surface area (TPSA) is 54.3 Å². The SMILES string of the molecule is Cc1ccc2nc(N3CCC(CN(C)C(=O)c4cnn(C)c4)CC3)sc2c1. The van der Waals surface area contributed by atoms with E-state index >= 15 is 0 Å². The van der Waals surface area contributed by atoms with E-state index in [4.69, 9.17) is 4.98 Å². The molecule has 0 saturated carbocycles. The molecule has 0 unspecified atom stereocenters. The predicted octanol–water partition coefficient (Wildman–Crippen LogP) is 3.33. The van der Waals surface area contributed by atoms with Gasteiger partial charge in [0.2, 0.25) is 0 Å². The molecule has 0 spiro atoms. The van der Waals surface area contributed by atoms with Crippen LogP contribution in [-0.4, -0.2) is 52.3 Å². The van der Waals surface area contributed by atoms with Gasteiger partial charge in [0.25, 0.3) is 5.91 Å². The average Bonchev–Trinajstić information content (AvgIpc) is 3.27. The number of rotatable bonds is 4. The maximum Gasteiger partial charge on any atom is 0.256 e.